The average Bonchev–Trinajstić information content (AvgIpc) is 2.82. The van der Waals surface area contributed by atoms with Crippen molar-refractivity contribution in [3.8, 4) is 11.4 Å². The molecular formula is C12H9ClN2O. The Morgan fingerprint density at radius 2 is 2.19 bits per heavy atom. The number of H-pyrrole nitrogens is 1. The first-order valence-corrected chi connectivity index (χ1v) is 5.31. The molecular weight excluding hydrogens is 224 g/mol. The molecule has 0 unspecified atom stereocenters. The lowest BCUT2D eigenvalue weighted by molar-refractivity contribution is 0.535. The summed E-state index contributed by atoms with van der Waals surface area (Å²) >= 11 is 5.92. The van der Waals surface area contributed by atoms with Crippen LogP contribution in [0.3, 0.4) is 0 Å². The van der Waals surface area contributed by atoms with Crippen LogP contribution >= 0.6 is 11.6 Å². The van der Waals surface area contributed by atoms with Gasteiger partial charge in [0.25, 0.3) is 0 Å². The normalized spacial score (nSPS) is 11.1. The lowest BCUT2D eigenvalue weighted by Crippen LogP contribution is -1.78. The van der Waals surface area contributed by atoms with Crippen molar-refractivity contribution in [1.29, 1.82) is 0 Å². The number of aryl methyl sites for hydroxylation is 1. The number of aromatic nitrogens is 2. The van der Waals surface area contributed by atoms with Gasteiger partial charge in [0.1, 0.15) is 11.6 Å². The topological polar surface area (TPSA) is 41.8 Å². The maximum atomic E-state index is 5.92. The van der Waals surface area contributed by atoms with Gasteiger partial charge in [-0.1, -0.05) is 11.6 Å². The summed E-state index contributed by atoms with van der Waals surface area (Å²) in [6.07, 6.45) is 1.66. The van der Waals surface area contributed by atoms with Gasteiger partial charge in [-0.3, -0.25) is 0 Å². The molecule has 0 aliphatic heterocycles. The first-order chi connectivity index (χ1) is 7.74. The molecule has 0 aliphatic rings. The summed E-state index contributed by atoms with van der Waals surface area (Å²) < 4.78 is 5.25. The van der Waals surface area contributed by atoms with Crippen molar-refractivity contribution in [3.63, 3.8) is 0 Å². The number of aromatic amines is 1. The van der Waals surface area contributed by atoms with E-state index in [-0.39, 0.29) is 0 Å². The second kappa shape index (κ2) is 3.39. The van der Waals surface area contributed by atoms with Gasteiger partial charge in [0.05, 0.1) is 22.9 Å². The van der Waals surface area contributed by atoms with E-state index in [2.05, 4.69) is 9.97 Å². The van der Waals surface area contributed by atoms with Crippen molar-refractivity contribution < 1.29 is 4.42 Å². The number of hydrogen-bond donors (Lipinski definition) is 1. The third-order valence-corrected chi connectivity index (χ3v) is 2.79. The molecule has 3 rings (SSSR count). The molecule has 3 nitrogen and oxygen atoms in total. The van der Waals surface area contributed by atoms with Crippen molar-refractivity contribution in [3.05, 3.63) is 41.3 Å². The predicted molar refractivity (Wildman–Crippen MR) is 63.5 cm³/mol. The Balaban J connectivity index is 2.23. The number of benzene rings is 1. The summed E-state index contributed by atoms with van der Waals surface area (Å²) in [5.74, 6) is 1.66. The van der Waals surface area contributed by atoms with E-state index in [1.54, 1.807) is 6.26 Å². The monoisotopic (exact) mass is 232 g/mol. The standard InChI is InChI=1S/C12H9ClN2O/c1-7-9(4-5-16-7)12-14-10-3-2-8(13)6-11(10)15-12/h2-6H,1H3,(H,14,15). The lowest BCUT2D eigenvalue weighted by Gasteiger charge is -1.90. The smallest absolute Gasteiger partial charge is 0.142 e. The molecule has 1 N–H and O–H groups in total. The highest BCUT2D eigenvalue weighted by Crippen LogP contribution is 2.25. The van der Waals surface area contributed by atoms with Gasteiger partial charge in [0.15, 0.2) is 0 Å². The highest BCUT2D eigenvalue weighted by atomic mass is 35.5. The molecule has 0 spiro atoms. The first kappa shape index (κ1) is 9.48. The molecule has 0 fully saturated rings. The van der Waals surface area contributed by atoms with Crippen LogP contribution in [0.4, 0.5) is 0 Å². The van der Waals surface area contributed by atoms with Crippen LogP contribution in [0.1, 0.15) is 5.76 Å². The molecule has 3 aromatic rings. The zero-order valence-corrected chi connectivity index (χ0v) is 9.38. The van der Waals surface area contributed by atoms with Crippen molar-refractivity contribution in [2.45, 2.75) is 6.92 Å². The molecule has 4 heteroatoms. The molecule has 0 aliphatic carbocycles. The number of imidazole rings is 1. The molecule has 16 heavy (non-hydrogen) atoms. The van der Waals surface area contributed by atoms with Crippen molar-refractivity contribution >= 4 is 22.6 Å². The van der Waals surface area contributed by atoms with Gasteiger partial charge in [-0.2, -0.15) is 0 Å². The molecule has 0 bridgehead atoms. The van der Waals surface area contributed by atoms with Crippen LogP contribution in [0.2, 0.25) is 5.02 Å². The van der Waals surface area contributed by atoms with E-state index in [4.69, 9.17) is 16.0 Å². The number of nitrogens with zero attached hydrogens (tertiary/aromatic N) is 1. The minimum atomic E-state index is 0.701. The van der Waals surface area contributed by atoms with Crippen LogP contribution in [0.15, 0.2) is 34.9 Å². The Bertz CT molecular complexity index is 654. The van der Waals surface area contributed by atoms with Gasteiger partial charge < -0.3 is 9.40 Å². The summed E-state index contributed by atoms with van der Waals surface area (Å²) in [4.78, 5) is 7.71. The molecule has 0 saturated heterocycles. The molecule has 2 aromatic heterocycles. The van der Waals surface area contributed by atoms with Gasteiger partial charge in [-0.25, -0.2) is 4.98 Å². The SMILES string of the molecule is Cc1occc1-c1nc2ccc(Cl)cc2[nH]1. The Hall–Kier alpha value is -1.74. The number of nitrogens with one attached hydrogen (secondary N) is 1. The number of fused-ring (bicyclic) bond motifs is 1. The highest BCUT2D eigenvalue weighted by molar-refractivity contribution is 6.31. The number of halogens is 1. The molecule has 0 atom stereocenters. The van der Waals surface area contributed by atoms with Crippen molar-refractivity contribution in [2.24, 2.45) is 0 Å². The van der Waals surface area contributed by atoms with Crippen LogP contribution in [0.5, 0.6) is 0 Å². The Morgan fingerprint density at radius 1 is 1.31 bits per heavy atom. The summed E-state index contributed by atoms with van der Waals surface area (Å²) in [6.45, 7) is 1.91. The van der Waals surface area contributed by atoms with Gasteiger partial charge in [0.2, 0.25) is 0 Å². The van der Waals surface area contributed by atoms with Crippen LogP contribution in [-0.4, -0.2) is 9.97 Å². The Kier molecular flexibility index (Phi) is 2.01. The van der Waals surface area contributed by atoms with Crippen molar-refractivity contribution in [1.82, 2.24) is 9.97 Å². The van der Waals surface area contributed by atoms with E-state index in [0.29, 0.717) is 5.02 Å². The first-order valence-electron chi connectivity index (χ1n) is 4.94. The average molecular weight is 233 g/mol. The summed E-state index contributed by atoms with van der Waals surface area (Å²) in [5.41, 5.74) is 2.82. The Labute approximate surface area is 97.1 Å². The van der Waals surface area contributed by atoms with E-state index in [9.17, 15) is 0 Å². The third-order valence-electron chi connectivity index (χ3n) is 2.56. The Morgan fingerprint density at radius 3 is 2.94 bits per heavy atom. The fourth-order valence-corrected chi connectivity index (χ4v) is 1.91. The predicted octanol–water partition coefficient (Wildman–Crippen LogP) is 3.78. The second-order valence-electron chi connectivity index (χ2n) is 3.64. The van der Waals surface area contributed by atoms with Crippen LogP contribution in [0, 0.1) is 6.92 Å². The molecule has 0 saturated carbocycles. The minimum Gasteiger partial charge on any atom is -0.469 e. The maximum absolute atomic E-state index is 5.92. The summed E-state index contributed by atoms with van der Waals surface area (Å²) in [6, 6.07) is 7.49. The fraction of sp³-hybridized carbons (Fsp3) is 0.0833. The van der Waals surface area contributed by atoms with Crippen molar-refractivity contribution in [2.75, 3.05) is 0 Å². The van der Waals surface area contributed by atoms with Gasteiger partial charge in [0, 0.05) is 5.02 Å². The maximum Gasteiger partial charge on any atom is 0.142 e. The van der Waals surface area contributed by atoms with E-state index in [1.807, 2.05) is 31.2 Å². The molecule has 0 radical (unpaired) electrons. The van der Waals surface area contributed by atoms with E-state index in [1.165, 1.54) is 0 Å². The van der Waals surface area contributed by atoms with Gasteiger partial charge in [-0.05, 0) is 31.2 Å². The molecule has 0 amide bonds. The number of rotatable bonds is 1. The fourth-order valence-electron chi connectivity index (χ4n) is 1.74. The van der Waals surface area contributed by atoms with Gasteiger partial charge in [-0.15, -0.1) is 0 Å². The zero-order chi connectivity index (χ0) is 11.1. The lowest BCUT2D eigenvalue weighted by atomic mass is 10.2. The largest absolute Gasteiger partial charge is 0.469 e. The van der Waals surface area contributed by atoms with E-state index in [0.717, 1.165) is 28.2 Å². The quantitative estimate of drug-likeness (QED) is 0.694. The number of furan rings is 1. The van der Waals surface area contributed by atoms with Gasteiger partial charge >= 0.3 is 0 Å². The van der Waals surface area contributed by atoms with E-state index >= 15 is 0 Å². The zero-order valence-electron chi connectivity index (χ0n) is 8.62. The van der Waals surface area contributed by atoms with Crippen LogP contribution in [-0.2, 0) is 0 Å². The minimum absolute atomic E-state index is 0.701. The summed E-state index contributed by atoms with van der Waals surface area (Å²) in [7, 11) is 0. The molecule has 1 aromatic carbocycles. The van der Waals surface area contributed by atoms with Crippen LogP contribution < -0.4 is 0 Å². The second-order valence-corrected chi connectivity index (χ2v) is 4.07. The van der Waals surface area contributed by atoms with Crippen LogP contribution in [0.25, 0.3) is 22.4 Å². The highest BCUT2D eigenvalue weighted by Gasteiger charge is 2.09. The summed E-state index contributed by atoms with van der Waals surface area (Å²) in [5, 5.41) is 0.701. The van der Waals surface area contributed by atoms with E-state index < -0.39 is 0 Å². The number of hydrogen-bond acceptors (Lipinski definition) is 2. The third kappa shape index (κ3) is 1.41. The molecule has 80 valence electrons. The molecule has 2 heterocycles.